The molecule has 0 aliphatic rings. The third-order valence-electron chi connectivity index (χ3n) is 4.23. The highest BCUT2D eigenvalue weighted by molar-refractivity contribution is 5.94. The van der Waals surface area contributed by atoms with Crippen LogP contribution in [0.5, 0.6) is 0 Å². The van der Waals surface area contributed by atoms with Crippen molar-refractivity contribution in [3.63, 3.8) is 0 Å². The predicted octanol–water partition coefficient (Wildman–Crippen LogP) is 3.34. The minimum Gasteiger partial charge on any atom is -0.376 e. The van der Waals surface area contributed by atoms with Crippen molar-refractivity contribution in [2.75, 3.05) is 11.9 Å². The molecule has 0 bridgehead atoms. The molecule has 0 aromatic heterocycles. The highest BCUT2D eigenvalue weighted by Crippen LogP contribution is 2.09. The Balaban J connectivity index is 1.42. The second kappa shape index (κ2) is 9.92. The molecule has 0 aliphatic heterocycles. The molecule has 2 amide bonds. The van der Waals surface area contributed by atoms with Gasteiger partial charge in [-0.2, -0.15) is 0 Å². The molecule has 0 unspecified atom stereocenters. The number of carbonyl (C=O) groups excluding carboxylic acids is 2. The maximum absolute atomic E-state index is 12.2. The predicted molar refractivity (Wildman–Crippen MR) is 111 cm³/mol. The minimum absolute atomic E-state index is 0.0893. The van der Waals surface area contributed by atoms with Gasteiger partial charge in [-0.25, -0.2) is 0 Å². The van der Waals surface area contributed by atoms with E-state index in [1.54, 1.807) is 24.3 Å². The first-order valence-corrected chi connectivity index (χ1v) is 9.17. The molecule has 0 atom stereocenters. The molecule has 3 aromatic carbocycles. The first kappa shape index (κ1) is 19.2. The summed E-state index contributed by atoms with van der Waals surface area (Å²) in [6.45, 7) is 1.16. The Morgan fingerprint density at radius 3 is 1.75 bits per heavy atom. The van der Waals surface area contributed by atoms with E-state index in [9.17, 15) is 9.59 Å². The number of benzene rings is 3. The lowest BCUT2D eigenvalue weighted by molar-refractivity contribution is -0.119. The van der Waals surface area contributed by atoms with Crippen molar-refractivity contribution in [3.8, 4) is 0 Å². The lowest BCUT2D eigenvalue weighted by atomic mass is 10.1. The molecular formula is C23H23N3O2. The zero-order valence-electron chi connectivity index (χ0n) is 15.5. The van der Waals surface area contributed by atoms with Crippen molar-refractivity contribution < 1.29 is 9.59 Å². The van der Waals surface area contributed by atoms with Crippen LogP contribution in [0.25, 0.3) is 0 Å². The van der Waals surface area contributed by atoms with Gasteiger partial charge >= 0.3 is 0 Å². The van der Waals surface area contributed by atoms with Crippen molar-refractivity contribution in [3.05, 3.63) is 102 Å². The van der Waals surface area contributed by atoms with Gasteiger partial charge in [-0.3, -0.25) is 9.59 Å². The van der Waals surface area contributed by atoms with Crippen LogP contribution < -0.4 is 16.0 Å². The molecule has 5 heteroatoms. The Labute approximate surface area is 164 Å². The molecule has 142 valence electrons. The summed E-state index contributed by atoms with van der Waals surface area (Å²) in [5.41, 5.74) is 3.47. The number of anilines is 1. The number of nitrogens with one attached hydrogen (secondary N) is 3. The Bertz CT molecular complexity index is 894. The van der Waals surface area contributed by atoms with Gasteiger partial charge in [-0.1, -0.05) is 60.7 Å². The van der Waals surface area contributed by atoms with Gasteiger partial charge in [0.25, 0.3) is 5.91 Å². The largest absolute Gasteiger partial charge is 0.376 e. The maximum Gasteiger partial charge on any atom is 0.251 e. The Morgan fingerprint density at radius 2 is 1.18 bits per heavy atom. The van der Waals surface area contributed by atoms with Gasteiger partial charge in [0.05, 0.1) is 6.54 Å². The lowest BCUT2D eigenvalue weighted by Crippen LogP contribution is -2.29. The van der Waals surface area contributed by atoms with Crippen LogP contribution in [0, 0.1) is 0 Å². The van der Waals surface area contributed by atoms with Crippen LogP contribution in [0.1, 0.15) is 21.5 Å². The summed E-state index contributed by atoms with van der Waals surface area (Å²) in [6, 6.07) is 26.6. The van der Waals surface area contributed by atoms with Gasteiger partial charge in [0, 0.05) is 24.3 Å². The molecule has 0 saturated carbocycles. The van der Waals surface area contributed by atoms with E-state index in [2.05, 4.69) is 16.0 Å². The van der Waals surface area contributed by atoms with Crippen molar-refractivity contribution in [2.24, 2.45) is 0 Å². The van der Waals surface area contributed by atoms with Crippen LogP contribution in [-0.4, -0.2) is 18.4 Å². The molecule has 28 heavy (non-hydrogen) atoms. The van der Waals surface area contributed by atoms with Gasteiger partial charge in [-0.15, -0.1) is 0 Å². The normalized spacial score (nSPS) is 10.1. The quantitative estimate of drug-likeness (QED) is 0.567. The van der Waals surface area contributed by atoms with Crippen molar-refractivity contribution >= 4 is 17.5 Å². The van der Waals surface area contributed by atoms with Gasteiger partial charge in [-0.05, 0) is 35.4 Å². The van der Waals surface area contributed by atoms with E-state index in [0.717, 1.165) is 16.8 Å². The van der Waals surface area contributed by atoms with Crippen LogP contribution in [-0.2, 0) is 17.9 Å². The van der Waals surface area contributed by atoms with E-state index in [1.165, 1.54) is 0 Å². The average molecular weight is 373 g/mol. The summed E-state index contributed by atoms with van der Waals surface area (Å²) >= 11 is 0. The topological polar surface area (TPSA) is 70.2 Å². The van der Waals surface area contributed by atoms with Crippen molar-refractivity contribution in [1.29, 1.82) is 0 Å². The molecule has 0 fully saturated rings. The Kier molecular flexibility index (Phi) is 6.79. The number of hydrogen-bond donors (Lipinski definition) is 3. The van der Waals surface area contributed by atoms with E-state index in [0.29, 0.717) is 18.7 Å². The van der Waals surface area contributed by atoms with Crippen molar-refractivity contribution in [1.82, 2.24) is 10.6 Å². The molecule has 3 N–H and O–H groups in total. The molecule has 3 rings (SSSR count). The fraction of sp³-hybridized carbons (Fsp3) is 0.130. The number of rotatable bonds is 8. The molecule has 3 aromatic rings. The van der Waals surface area contributed by atoms with Crippen LogP contribution >= 0.6 is 0 Å². The monoisotopic (exact) mass is 373 g/mol. The number of carbonyl (C=O) groups is 2. The summed E-state index contributed by atoms with van der Waals surface area (Å²) in [5, 5.41) is 8.82. The second-order valence-corrected chi connectivity index (χ2v) is 6.36. The average Bonchev–Trinajstić information content (AvgIpc) is 2.76. The van der Waals surface area contributed by atoms with Gasteiger partial charge in [0.15, 0.2) is 0 Å². The second-order valence-electron chi connectivity index (χ2n) is 6.36. The zero-order chi connectivity index (χ0) is 19.6. The van der Waals surface area contributed by atoms with E-state index in [4.69, 9.17) is 0 Å². The van der Waals surface area contributed by atoms with Crippen molar-refractivity contribution in [2.45, 2.75) is 13.1 Å². The summed E-state index contributed by atoms with van der Waals surface area (Å²) in [6.07, 6.45) is 0. The van der Waals surface area contributed by atoms with Crippen LogP contribution in [0.15, 0.2) is 84.9 Å². The molecule has 0 radical (unpaired) electrons. The third-order valence-corrected chi connectivity index (χ3v) is 4.23. The fourth-order valence-electron chi connectivity index (χ4n) is 2.66. The first-order chi connectivity index (χ1) is 13.7. The fourth-order valence-corrected chi connectivity index (χ4v) is 2.66. The molecule has 0 spiro atoms. The minimum atomic E-state index is -0.129. The van der Waals surface area contributed by atoms with E-state index in [-0.39, 0.29) is 18.4 Å². The number of hydrogen-bond acceptors (Lipinski definition) is 3. The summed E-state index contributed by atoms with van der Waals surface area (Å²) in [4.78, 5) is 24.2. The highest BCUT2D eigenvalue weighted by Gasteiger charge is 2.06. The van der Waals surface area contributed by atoms with E-state index in [1.807, 2.05) is 60.7 Å². The van der Waals surface area contributed by atoms with Crippen LogP contribution in [0.4, 0.5) is 5.69 Å². The summed E-state index contributed by atoms with van der Waals surface area (Å²) in [7, 11) is 0. The molecular weight excluding hydrogens is 350 g/mol. The standard InChI is InChI=1S/C23H23N3O2/c27-22(25-15-18-7-3-1-4-8-18)17-24-21-13-11-20(12-14-21)23(28)26-16-19-9-5-2-6-10-19/h1-14,24H,15-17H2,(H,25,27)(H,26,28). The molecule has 5 nitrogen and oxygen atoms in total. The Morgan fingerprint density at radius 1 is 0.643 bits per heavy atom. The maximum atomic E-state index is 12.2. The zero-order valence-corrected chi connectivity index (χ0v) is 15.5. The SMILES string of the molecule is O=C(CNc1ccc(C(=O)NCc2ccccc2)cc1)NCc1ccccc1. The highest BCUT2D eigenvalue weighted by atomic mass is 16.2. The van der Waals surface area contributed by atoms with Crippen LogP contribution in [0.2, 0.25) is 0 Å². The first-order valence-electron chi connectivity index (χ1n) is 9.17. The summed E-state index contributed by atoms with van der Waals surface area (Å²) < 4.78 is 0. The lowest BCUT2D eigenvalue weighted by Gasteiger charge is -2.09. The molecule has 0 heterocycles. The smallest absolute Gasteiger partial charge is 0.251 e. The van der Waals surface area contributed by atoms with E-state index < -0.39 is 0 Å². The third kappa shape index (κ3) is 5.99. The van der Waals surface area contributed by atoms with Crippen LogP contribution in [0.3, 0.4) is 0 Å². The van der Waals surface area contributed by atoms with Gasteiger partial charge in [0.2, 0.25) is 5.91 Å². The number of amides is 2. The molecule has 0 aliphatic carbocycles. The van der Waals surface area contributed by atoms with Gasteiger partial charge in [0.1, 0.15) is 0 Å². The molecule has 0 saturated heterocycles. The van der Waals surface area contributed by atoms with E-state index >= 15 is 0 Å². The van der Waals surface area contributed by atoms with Gasteiger partial charge < -0.3 is 16.0 Å². The summed E-state index contributed by atoms with van der Waals surface area (Å²) in [5.74, 6) is -0.218. The Hall–Kier alpha value is -3.60.